The molecule has 0 spiro atoms. The van der Waals surface area contributed by atoms with Crippen LogP contribution in [0.25, 0.3) is 0 Å². The minimum absolute atomic E-state index is 0.325. The van der Waals surface area contributed by atoms with Gasteiger partial charge in [0.2, 0.25) is 0 Å². The van der Waals surface area contributed by atoms with Crippen molar-refractivity contribution in [3.05, 3.63) is 0 Å². The molecule has 0 saturated heterocycles. The van der Waals surface area contributed by atoms with E-state index in [4.69, 9.17) is 0 Å². The first kappa shape index (κ1) is 22.9. The molecule has 0 saturated carbocycles. The molecule has 0 aromatic carbocycles. The largest absolute Gasteiger partial charge is 0.469 e. The van der Waals surface area contributed by atoms with Crippen molar-refractivity contribution in [1.82, 2.24) is 4.90 Å². The van der Waals surface area contributed by atoms with Gasteiger partial charge in [0, 0.05) is 13.5 Å². The number of esters is 2. The molecule has 0 radical (unpaired) electrons. The highest BCUT2D eigenvalue weighted by Crippen LogP contribution is 2.47. The maximum atomic E-state index is 13.4. The Hall–Kier alpha value is -2.08. The van der Waals surface area contributed by atoms with Crippen LogP contribution < -0.4 is 0 Å². The fourth-order valence-electron chi connectivity index (χ4n) is 1.64. The quantitative estimate of drug-likeness (QED) is 0.494. The fraction of sp³-hybridized carbons (Fsp3) is 0.750. The second kappa shape index (κ2) is 7.87. The van der Waals surface area contributed by atoms with Crippen molar-refractivity contribution in [3.63, 3.8) is 0 Å². The Morgan fingerprint density at radius 2 is 1.44 bits per heavy atom. The van der Waals surface area contributed by atoms with Crippen LogP contribution in [-0.2, 0) is 23.9 Å². The van der Waals surface area contributed by atoms with E-state index in [0.717, 1.165) is 14.2 Å². The van der Waals surface area contributed by atoms with Gasteiger partial charge in [-0.2, -0.15) is 30.7 Å². The van der Waals surface area contributed by atoms with Gasteiger partial charge in [-0.3, -0.25) is 9.59 Å². The summed E-state index contributed by atoms with van der Waals surface area (Å²) < 4.78 is 97.5. The Bertz CT molecular complexity index is 520. The van der Waals surface area contributed by atoms with Crippen molar-refractivity contribution < 1.29 is 54.6 Å². The molecule has 0 aromatic heterocycles. The van der Waals surface area contributed by atoms with E-state index in [1.807, 2.05) is 0 Å². The molecule has 0 N–H and O–H groups in total. The van der Waals surface area contributed by atoms with Gasteiger partial charge in [0.15, 0.2) is 0 Å². The number of likely N-dealkylation sites (N-methyl/N-ethyl adjacent to an activating group) is 1. The van der Waals surface area contributed by atoms with Crippen molar-refractivity contribution in [1.29, 1.82) is 0 Å². The normalized spacial score (nSPS) is 13.8. The zero-order valence-corrected chi connectivity index (χ0v) is 13.1. The number of hydrogen-bond acceptors (Lipinski definition) is 5. The van der Waals surface area contributed by atoms with Crippen LogP contribution >= 0.6 is 0 Å². The van der Waals surface area contributed by atoms with Gasteiger partial charge in [-0.25, -0.2) is 4.79 Å². The third-order valence-corrected chi connectivity index (χ3v) is 3.13. The maximum Gasteiger partial charge on any atom is 0.460 e. The molecular formula is C12H14F7NO5. The fourth-order valence-corrected chi connectivity index (χ4v) is 1.64. The monoisotopic (exact) mass is 385 g/mol. The van der Waals surface area contributed by atoms with E-state index in [9.17, 15) is 45.1 Å². The van der Waals surface area contributed by atoms with Gasteiger partial charge in [0.25, 0.3) is 0 Å². The lowest BCUT2D eigenvalue weighted by atomic mass is 10.1. The summed E-state index contributed by atoms with van der Waals surface area (Å²) in [5, 5.41) is 0. The lowest BCUT2D eigenvalue weighted by Crippen LogP contribution is -2.61. The summed E-state index contributed by atoms with van der Waals surface area (Å²) >= 11 is 0. The molecule has 146 valence electrons. The molecule has 0 bridgehead atoms. The second-order valence-corrected chi connectivity index (χ2v) is 4.72. The van der Waals surface area contributed by atoms with Gasteiger partial charge < -0.3 is 14.4 Å². The summed E-state index contributed by atoms with van der Waals surface area (Å²) in [5.41, 5.74) is 0. The molecule has 25 heavy (non-hydrogen) atoms. The van der Waals surface area contributed by atoms with Gasteiger partial charge in [0.1, 0.15) is 6.04 Å². The van der Waals surface area contributed by atoms with Crippen LogP contribution in [0.3, 0.4) is 0 Å². The number of methoxy groups -OCH3 is 2. The highest BCUT2D eigenvalue weighted by atomic mass is 19.4. The lowest BCUT2D eigenvalue weighted by Gasteiger charge is -2.33. The molecule has 1 unspecified atom stereocenters. The summed E-state index contributed by atoms with van der Waals surface area (Å²) in [5.74, 6) is -18.2. The molecule has 0 aliphatic rings. The SMILES string of the molecule is COC(=O)CCC(C(=O)OC)N(C)C(=O)C(F)(F)C(F)(F)C(F)(F)F. The number of alkyl halides is 7. The van der Waals surface area contributed by atoms with Crippen molar-refractivity contribution in [3.8, 4) is 0 Å². The first-order valence-corrected chi connectivity index (χ1v) is 6.39. The Morgan fingerprint density at radius 1 is 0.960 bits per heavy atom. The smallest absolute Gasteiger partial charge is 0.460 e. The van der Waals surface area contributed by atoms with Crippen molar-refractivity contribution in [2.75, 3.05) is 21.3 Å². The van der Waals surface area contributed by atoms with Crippen LogP contribution in [-0.4, -0.2) is 68.1 Å². The molecule has 0 aromatic rings. The van der Waals surface area contributed by atoms with Gasteiger partial charge in [-0.15, -0.1) is 0 Å². The van der Waals surface area contributed by atoms with Crippen LogP contribution in [0.2, 0.25) is 0 Å². The molecule has 13 heteroatoms. The first-order chi connectivity index (χ1) is 11.1. The lowest BCUT2D eigenvalue weighted by molar-refractivity contribution is -0.346. The molecule has 6 nitrogen and oxygen atoms in total. The number of rotatable bonds is 7. The number of carbonyl (C=O) groups is 3. The summed E-state index contributed by atoms with van der Waals surface area (Å²) in [6.07, 6.45) is -8.02. The van der Waals surface area contributed by atoms with Crippen molar-refractivity contribution >= 4 is 17.8 Å². The predicted molar refractivity (Wildman–Crippen MR) is 65.8 cm³/mol. The van der Waals surface area contributed by atoms with Crippen molar-refractivity contribution in [2.45, 2.75) is 36.9 Å². The molecule has 1 atom stereocenters. The van der Waals surface area contributed by atoms with Gasteiger partial charge in [-0.1, -0.05) is 0 Å². The molecule has 0 fully saturated rings. The number of ether oxygens (including phenoxy) is 2. The van der Waals surface area contributed by atoms with Crippen LogP contribution in [0.15, 0.2) is 0 Å². The average molecular weight is 385 g/mol. The van der Waals surface area contributed by atoms with E-state index >= 15 is 0 Å². The Labute approximate surface area is 136 Å². The van der Waals surface area contributed by atoms with Crippen LogP contribution in [0, 0.1) is 0 Å². The summed E-state index contributed by atoms with van der Waals surface area (Å²) in [7, 11) is 2.11. The molecule has 0 aliphatic carbocycles. The van der Waals surface area contributed by atoms with E-state index in [-0.39, 0.29) is 4.90 Å². The highest BCUT2D eigenvalue weighted by Gasteiger charge is 2.77. The summed E-state index contributed by atoms with van der Waals surface area (Å²) in [6.45, 7) is 0. The van der Waals surface area contributed by atoms with E-state index in [1.54, 1.807) is 0 Å². The first-order valence-electron chi connectivity index (χ1n) is 6.39. The Morgan fingerprint density at radius 3 is 1.80 bits per heavy atom. The van der Waals surface area contributed by atoms with E-state index in [1.165, 1.54) is 0 Å². The predicted octanol–water partition coefficient (Wildman–Crippen LogP) is 1.77. The van der Waals surface area contributed by atoms with E-state index in [0.29, 0.717) is 7.05 Å². The third kappa shape index (κ3) is 4.72. The molecule has 0 heterocycles. The molecule has 0 aliphatic heterocycles. The number of carbonyl (C=O) groups excluding carboxylic acids is 3. The number of amides is 1. The minimum Gasteiger partial charge on any atom is -0.469 e. The number of halogens is 7. The summed E-state index contributed by atoms with van der Waals surface area (Å²) in [6, 6.07) is -2.01. The topological polar surface area (TPSA) is 72.9 Å². The Kier molecular flexibility index (Phi) is 7.21. The standard InChI is InChI=1S/C12H14F7NO5/c1-20(6(8(22)25-3)4-5-7(21)24-2)9(23)10(13,14)11(15,16)12(17,18)19/h6H,4-5H2,1-3H3. The average Bonchev–Trinajstić information content (AvgIpc) is 2.51. The highest BCUT2D eigenvalue weighted by molar-refractivity contribution is 5.89. The van der Waals surface area contributed by atoms with Gasteiger partial charge >= 0.3 is 35.9 Å². The van der Waals surface area contributed by atoms with Gasteiger partial charge in [0.05, 0.1) is 14.2 Å². The van der Waals surface area contributed by atoms with Crippen LogP contribution in [0.1, 0.15) is 12.8 Å². The molecular weight excluding hydrogens is 371 g/mol. The molecule has 1 amide bonds. The zero-order chi connectivity index (χ0) is 20.2. The third-order valence-electron chi connectivity index (χ3n) is 3.13. The zero-order valence-electron chi connectivity index (χ0n) is 13.1. The Balaban J connectivity index is 5.61. The number of nitrogens with zero attached hydrogens (tertiary/aromatic N) is 1. The van der Waals surface area contributed by atoms with Gasteiger partial charge in [-0.05, 0) is 6.42 Å². The molecule has 0 rings (SSSR count). The van der Waals surface area contributed by atoms with Crippen molar-refractivity contribution in [2.24, 2.45) is 0 Å². The number of hydrogen-bond donors (Lipinski definition) is 0. The van der Waals surface area contributed by atoms with E-state index < -0.39 is 54.8 Å². The summed E-state index contributed by atoms with van der Waals surface area (Å²) in [4.78, 5) is 33.7. The minimum atomic E-state index is -6.71. The van der Waals surface area contributed by atoms with E-state index in [2.05, 4.69) is 9.47 Å². The van der Waals surface area contributed by atoms with Crippen LogP contribution in [0.5, 0.6) is 0 Å². The van der Waals surface area contributed by atoms with Crippen LogP contribution in [0.4, 0.5) is 30.7 Å². The second-order valence-electron chi connectivity index (χ2n) is 4.72. The maximum absolute atomic E-state index is 13.4.